The predicted octanol–water partition coefficient (Wildman–Crippen LogP) is 4.54. The summed E-state index contributed by atoms with van der Waals surface area (Å²) >= 11 is 3.07. The number of rotatable bonds is 4. The number of amides is 2. The Hall–Kier alpha value is -2.55. The van der Waals surface area contributed by atoms with Gasteiger partial charge in [0.25, 0.3) is 0 Å². The summed E-state index contributed by atoms with van der Waals surface area (Å²) in [7, 11) is 0. The molecule has 0 radical (unpaired) electrons. The Morgan fingerprint density at radius 1 is 1.23 bits per heavy atom. The molecule has 1 saturated heterocycles. The minimum absolute atomic E-state index is 0.144. The third kappa shape index (κ3) is 5.78. The molecule has 1 aromatic heterocycles. The number of ether oxygens (including phenoxy) is 1. The lowest BCUT2D eigenvalue weighted by atomic mass is 10.0. The van der Waals surface area contributed by atoms with Gasteiger partial charge in [0.2, 0.25) is 11.9 Å². The molecule has 31 heavy (non-hydrogen) atoms. The molecule has 3 rings (SSSR count). The van der Waals surface area contributed by atoms with Crippen molar-refractivity contribution < 1.29 is 23.1 Å². The van der Waals surface area contributed by atoms with Gasteiger partial charge in [-0.15, -0.1) is 0 Å². The van der Waals surface area contributed by atoms with E-state index in [9.17, 15) is 18.4 Å². The van der Waals surface area contributed by atoms with E-state index < -0.39 is 41.8 Å². The highest BCUT2D eigenvalue weighted by Crippen LogP contribution is 2.27. The highest BCUT2D eigenvalue weighted by Gasteiger charge is 2.42. The Kier molecular flexibility index (Phi) is 6.93. The minimum atomic E-state index is -1.35. The molecule has 0 aliphatic carbocycles. The topological polar surface area (TPSA) is 71.5 Å². The van der Waals surface area contributed by atoms with Gasteiger partial charge in [-0.3, -0.25) is 9.69 Å². The normalized spacial score (nSPS) is 19.7. The lowest BCUT2D eigenvalue weighted by Gasteiger charge is -2.29. The number of aromatic nitrogens is 1. The second-order valence-electron chi connectivity index (χ2n) is 8.34. The summed E-state index contributed by atoms with van der Waals surface area (Å²) in [5, 5.41) is 2.81. The molecule has 166 valence electrons. The van der Waals surface area contributed by atoms with E-state index in [-0.39, 0.29) is 23.1 Å². The van der Waals surface area contributed by atoms with Crippen molar-refractivity contribution in [1.29, 1.82) is 0 Å². The Balaban J connectivity index is 1.87. The van der Waals surface area contributed by atoms with Crippen molar-refractivity contribution in [1.82, 2.24) is 15.2 Å². The van der Waals surface area contributed by atoms with E-state index in [0.717, 1.165) is 4.90 Å². The molecule has 1 N–H and O–H groups in total. The lowest BCUT2D eigenvalue weighted by Crippen LogP contribution is -2.48. The monoisotopic (exact) mass is 495 g/mol. The fourth-order valence-corrected chi connectivity index (χ4v) is 3.58. The largest absolute Gasteiger partial charge is 0.444 e. The van der Waals surface area contributed by atoms with Gasteiger partial charge >= 0.3 is 6.09 Å². The van der Waals surface area contributed by atoms with E-state index in [1.54, 1.807) is 51.1 Å². The number of nitrogens with one attached hydrogen (secondary N) is 1. The van der Waals surface area contributed by atoms with Gasteiger partial charge in [-0.1, -0.05) is 30.3 Å². The van der Waals surface area contributed by atoms with Crippen molar-refractivity contribution in [2.24, 2.45) is 0 Å². The molecule has 1 aromatic carbocycles. The maximum absolute atomic E-state index is 14.2. The Labute approximate surface area is 188 Å². The zero-order chi connectivity index (χ0) is 22.8. The summed E-state index contributed by atoms with van der Waals surface area (Å²) in [6, 6.07) is 10.2. The molecule has 9 heteroatoms. The molecular formula is C22H24BrF2N3O3. The Morgan fingerprint density at radius 2 is 1.90 bits per heavy atom. The van der Waals surface area contributed by atoms with Crippen LogP contribution in [0.1, 0.15) is 44.5 Å². The van der Waals surface area contributed by atoms with Crippen molar-refractivity contribution >= 4 is 27.9 Å². The maximum atomic E-state index is 14.2. The first-order valence-corrected chi connectivity index (χ1v) is 10.7. The smallest absolute Gasteiger partial charge is 0.411 e. The number of nitrogens with zero attached hydrogens (tertiary/aromatic N) is 2. The molecule has 2 amide bonds. The molecule has 3 atom stereocenters. The van der Waals surface area contributed by atoms with Crippen molar-refractivity contribution in [3.8, 4) is 0 Å². The van der Waals surface area contributed by atoms with Crippen LogP contribution >= 0.6 is 15.9 Å². The van der Waals surface area contributed by atoms with Crippen LogP contribution in [-0.2, 0) is 9.53 Å². The predicted molar refractivity (Wildman–Crippen MR) is 115 cm³/mol. The molecular weight excluding hydrogens is 472 g/mol. The average molecular weight is 496 g/mol. The van der Waals surface area contributed by atoms with Crippen molar-refractivity contribution in [2.45, 2.75) is 51.0 Å². The number of likely N-dealkylation sites (tertiary alicyclic amines) is 1. The zero-order valence-electron chi connectivity index (χ0n) is 17.4. The van der Waals surface area contributed by atoms with Gasteiger partial charge in [-0.05, 0) is 54.4 Å². The molecule has 0 bridgehead atoms. The Morgan fingerprint density at radius 3 is 2.52 bits per heavy atom. The average Bonchev–Trinajstić information content (AvgIpc) is 3.10. The number of carbonyl (C=O) groups excluding carboxylic acids is 2. The van der Waals surface area contributed by atoms with E-state index in [1.165, 1.54) is 6.07 Å². The number of hydrogen-bond donors (Lipinski definition) is 1. The molecule has 2 aromatic rings. The van der Waals surface area contributed by atoms with Crippen molar-refractivity contribution in [3.63, 3.8) is 0 Å². The SMILES string of the molecule is CC(C)(C)OC(=O)N1C[C@H](F)C[C@H]1C(=O)N[C@@H](c1ccccc1)c1ccc(Br)c(F)n1. The highest BCUT2D eigenvalue weighted by molar-refractivity contribution is 9.10. The van der Waals surface area contributed by atoms with E-state index in [1.807, 2.05) is 6.07 Å². The van der Waals surface area contributed by atoms with Crippen LogP contribution < -0.4 is 5.32 Å². The number of benzene rings is 1. The molecule has 0 saturated carbocycles. The van der Waals surface area contributed by atoms with Crippen LogP contribution in [0.15, 0.2) is 46.9 Å². The van der Waals surface area contributed by atoms with E-state index in [4.69, 9.17) is 4.74 Å². The van der Waals surface area contributed by atoms with Crippen LogP contribution in [0.3, 0.4) is 0 Å². The molecule has 1 aliphatic rings. The molecule has 6 nitrogen and oxygen atoms in total. The molecule has 1 fully saturated rings. The second kappa shape index (κ2) is 9.30. The molecule has 0 spiro atoms. The fraction of sp³-hybridized carbons (Fsp3) is 0.409. The zero-order valence-corrected chi connectivity index (χ0v) is 19.0. The van der Waals surface area contributed by atoms with Crippen molar-refractivity contribution in [3.05, 3.63) is 64.1 Å². The number of halogens is 3. The minimum Gasteiger partial charge on any atom is -0.444 e. The second-order valence-corrected chi connectivity index (χ2v) is 9.20. The van der Waals surface area contributed by atoms with Crippen LogP contribution in [0.25, 0.3) is 0 Å². The summed E-state index contributed by atoms with van der Waals surface area (Å²) in [5.41, 5.74) is 0.167. The summed E-state index contributed by atoms with van der Waals surface area (Å²) < 4.78 is 33.8. The third-order valence-electron chi connectivity index (χ3n) is 4.72. The van der Waals surface area contributed by atoms with Crippen LogP contribution in [0.5, 0.6) is 0 Å². The number of pyridine rings is 1. The quantitative estimate of drug-likeness (QED) is 0.632. The van der Waals surface area contributed by atoms with Gasteiger partial charge in [-0.2, -0.15) is 4.39 Å². The number of alkyl halides is 1. The van der Waals surface area contributed by atoms with Gasteiger partial charge in [0.1, 0.15) is 17.8 Å². The third-order valence-corrected chi connectivity index (χ3v) is 5.31. The van der Waals surface area contributed by atoms with Crippen LogP contribution in [-0.4, -0.2) is 46.2 Å². The number of hydrogen-bond acceptors (Lipinski definition) is 4. The van der Waals surface area contributed by atoms with Gasteiger partial charge in [0.15, 0.2) is 0 Å². The maximum Gasteiger partial charge on any atom is 0.411 e. The van der Waals surface area contributed by atoms with E-state index >= 15 is 0 Å². The van der Waals surface area contributed by atoms with Crippen molar-refractivity contribution in [2.75, 3.05) is 6.54 Å². The van der Waals surface area contributed by atoms with Gasteiger partial charge in [0, 0.05) is 6.42 Å². The first-order chi connectivity index (χ1) is 14.5. The summed E-state index contributed by atoms with van der Waals surface area (Å²) in [5.74, 6) is -1.28. The van der Waals surface area contributed by atoms with E-state index in [2.05, 4.69) is 26.2 Å². The highest BCUT2D eigenvalue weighted by atomic mass is 79.9. The number of carbonyl (C=O) groups is 2. The summed E-state index contributed by atoms with van der Waals surface area (Å²) in [6.45, 7) is 4.86. The van der Waals surface area contributed by atoms with E-state index in [0.29, 0.717) is 5.56 Å². The fourth-order valence-electron chi connectivity index (χ4n) is 3.36. The summed E-state index contributed by atoms with van der Waals surface area (Å²) in [6.07, 6.45) is -2.24. The van der Waals surface area contributed by atoms with Gasteiger partial charge in [0.05, 0.1) is 22.8 Å². The lowest BCUT2D eigenvalue weighted by molar-refractivity contribution is -0.126. The van der Waals surface area contributed by atoms with Crippen LogP contribution in [0.4, 0.5) is 13.6 Å². The van der Waals surface area contributed by atoms with Crippen LogP contribution in [0.2, 0.25) is 0 Å². The standard InChI is InChI=1S/C22H24BrF2N3O3/c1-22(2,3)31-21(30)28-12-14(24)11-17(28)20(29)27-18(13-7-5-4-6-8-13)16-10-9-15(23)19(25)26-16/h4-10,14,17-18H,11-12H2,1-3H3,(H,27,29)/t14-,17+,18+/m1/s1. The molecule has 2 heterocycles. The Bertz CT molecular complexity index is 953. The first kappa shape index (κ1) is 23.1. The summed E-state index contributed by atoms with van der Waals surface area (Å²) in [4.78, 5) is 30.7. The first-order valence-electron chi connectivity index (χ1n) is 9.86. The van der Waals surface area contributed by atoms with Gasteiger partial charge < -0.3 is 10.1 Å². The van der Waals surface area contributed by atoms with Crippen LogP contribution in [0, 0.1) is 5.95 Å². The molecule has 1 aliphatic heterocycles. The van der Waals surface area contributed by atoms with Gasteiger partial charge in [-0.25, -0.2) is 14.2 Å². The molecule has 0 unspecified atom stereocenters.